The Labute approximate surface area is 128 Å². The zero-order valence-electron chi connectivity index (χ0n) is 8.99. The summed E-state index contributed by atoms with van der Waals surface area (Å²) in [7, 11) is 0. The summed E-state index contributed by atoms with van der Waals surface area (Å²) in [5.74, 6) is -4.48. The average molecular weight is 282 g/mol. The van der Waals surface area contributed by atoms with Crippen LogP contribution in [0.3, 0.4) is 0 Å². The Kier molecular flexibility index (Phi) is 6.70. The molecule has 0 fully saturated rings. The van der Waals surface area contributed by atoms with E-state index in [0.717, 1.165) is 0 Å². The Morgan fingerprint density at radius 2 is 1.95 bits per heavy atom. The molecule has 0 saturated heterocycles. The molecule has 19 heavy (non-hydrogen) atoms. The van der Waals surface area contributed by atoms with E-state index < -0.39 is 36.4 Å². The van der Waals surface area contributed by atoms with Crippen molar-refractivity contribution in [1.82, 2.24) is 9.97 Å². The van der Waals surface area contributed by atoms with E-state index in [1.807, 2.05) is 0 Å². The molecule has 1 heterocycles. The average Bonchev–Trinajstić information content (AvgIpc) is 2.68. The van der Waals surface area contributed by atoms with Crippen LogP contribution in [0.5, 0.6) is 6.01 Å². The number of hydrogen-bond donors (Lipinski definition) is 4. The summed E-state index contributed by atoms with van der Waals surface area (Å²) >= 11 is 0. The number of aromatic nitrogens is 2. The number of esters is 1. The monoisotopic (exact) mass is 282 g/mol. The molecule has 0 amide bonds. The summed E-state index contributed by atoms with van der Waals surface area (Å²) in [6.45, 7) is 0. The number of aliphatic hydroxyl groups is 1. The van der Waals surface area contributed by atoms with Crippen LogP contribution < -0.4 is 4.74 Å². The molecule has 0 aromatic carbocycles. The van der Waals surface area contributed by atoms with Crippen molar-refractivity contribution >= 4 is 47.5 Å². The zero-order valence-corrected chi connectivity index (χ0v) is 8.99. The van der Waals surface area contributed by atoms with Gasteiger partial charge in [0, 0.05) is 12.4 Å². The van der Waals surface area contributed by atoms with E-state index in [2.05, 4.69) is 14.7 Å². The van der Waals surface area contributed by atoms with Gasteiger partial charge in [-0.05, 0) is 0 Å². The van der Waals surface area contributed by atoms with E-state index in [0.29, 0.717) is 0 Å². The molecule has 1 rings (SSSR count). The van der Waals surface area contributed by atoms with Crippen LogP contribution in [-0.4, -0.2) is 78.4 Å². The fourth-order valence-corrected chi connectivity index (χ4v) is 1.15. The number of aromatic amines is 1. The van der Waals surface area contributed by atoms with Crippen LogP contribution in [0.2, 0.25) is 0 Å². The van der Waals surface area contributed by atoms with Gasteiger partial charge in [0.1, 0.15) is 0 Å². The second-order valence-electron chi connectivity index (χ2n) is 3.45. The first-order chi connectivity index (χ1) is 8.33. The number of ether oxygens (including phenoxy) is 1. The van der Waals surface area contributed by atoms with Gasteiger partial charge in [-0.15, -0.1) is 0 Å². The first kappa shape index (κ1) is 17.6. The number of carboxylic acids is 2. The summed E-state index contributed by atoms with van der Waals surface area (Å²) in [5, 5.41) is 26.7. The summed E-state index contributed by atoms with van der Waals surface area (Å²) in [6.07, 6.45) is 0.539. The maximum atomic E-state index is 11.3. The van der Waals surface area contributed by atoms with Crippen LogP contribution in [-0.2, 0) is 14.4 Å². The maximum absolute atomic E-state index is 11.3. The summed E-state index contributed by atoms with van der Waals surface area (Å²) < 4.78 is 4.56. The van der Waals surface area contributed by atoms with Gasteiger partial charge in [0.05, 0.1) is 12.8 Å². The van der Waals surface area contributed by atoms with Crippen LogP contribution >= 0.6 is 0 Å². The van der Waals surface area contributed by atoms with Crippen molar-refractivity contribution in [2.24, 2.45) is 0 Å². The molecule has 100 valence electrons. The van der Waals surface area contributed by atoms with Crippen LogP contribution in [0, 0.1) is 0 Å². The van der Waals surface area contributed by atoms with E-state index in [1.165, 1.54) is 12.4 Å². The predicted octanol–water partition coefficient (Wildman–Crippen LogP) is -1.65. The van der Waals surface area contributed by atoms with Crippen molar-refractivity contribution in [1.29, 1.82) is 0 Å². The van der Waals surface area contributed by atoms with Crippen molar-refractivity contribution in [2.75, 3.05) is 0 Å². The third-order valence-corrected chi connectivity index (χ3v) is 1.96. The molecule has 0 radical (unpaired) electrons. The van der Waals surface area contributed by atoms with Crippen LogP contribution in [0.4, 0.5) is 0 Å². The molecule has 9 nitrogen and oxygen atoms in total. The van der Waals surface area contributed by atoms with Crippen LogP contribution in [0.15, 0.2) is 12.4 Å². The Morgan fingerprint density at radius 1 is 1.32 bits per heavy atom. The number of aliphatic carboxylic acids is 2. The van der Waals surface area contributed by atoms with Gasteiger partial charge in [-0.3, -0.25) is 9.59 Å². The minimum atomic E-state index is -2.71. The van der Waals surface area contributed by atoms with Gasteiger partial charge in [0.15, 0.2) is 5.60 Å². The van der Waals surface area contributed by atoms with E-state index in [1.54, 1.807) is 0 Å². The van der Waals surface area contributed by atoms with Gasteiger partial charge in [-0.1, -0.05) is 0 Å². The topological polar surface area (TPSA) is 150 Å². The number of H-pyrrole nitrogens is 1. The molecular formula is C9H11N2NaO7. The molecular weight excluding hydrogens is 271 g/mol. The molecule has 0 spiro atoms. The van der Waals surface area contributed by atoms with E-state index in [4.69, 9.17) is 10.2 Å². The summed E-state index contributed by atoms with van der Waals surface area (Å²) in [4.78, 5) is 38.5. The number of carbonyl (C=O) groups excluding carboxylic acids is 1. The van der Waals surface area contributed by atoms with Crippen molar-refractivity contribution in [3.05, 3.63) is 12.4 Å². The Hall–Kier alpha value is -1.42. The second-order valence-corrected chi connectivity index (χ2v) is 3.45. The standard InChI is InChI=1S/C9H10N2O7.Na.H/c12-5(13)3-9(17,7(15)16)4-6(14)18-8-10-1-2-11-8;;/h1-2,17H,3-4H2,(H,10,11)(H,12,13)(H,15,16);;. The molecule has 0 saturated carbocycles. The first-order valence-corrected chi connectivity index (χ1v) is 4.71. The van der Waals surface area contributed by atoms with Crippen molar-refractivity contribution in [3.63, 3.8) is 0 Å². The van der Waals surface area contributed by atoms with Crippen molar-refractivity contribution in [2.45, 2.75) is 18.4 Å². The normalized spacial score (nSPS) is 12.9. The molecule has 0 aliphatic carbocycles. The SMILES string of the molecule is O=C(O)CC(O)(CC(=O)Oc1ncc[nH]1)C(=O)O.[NaH]. The number of carboxylic acid groups (broad SMARTS) is 2. The van der Waals surface area contributed by atoms with Crippen molar-refractivity contribution in [3.8, 4) is 6.01 Å². The Morgan fingerprint density at radius 3 is 2.37 bits per heavy atom. The quantitative estimate of drug-likeness (QED) is 0.358. The number of nitrogens with zero attached hydrogens (tertiary/aromatic N) is 1. The second kappa shape index (κ2) is 7.24. The third kappa shape index (κ3) is 5.39. The molecule has 0 aliphatic rings. The van der Waals surface area contributed by atoms with Gasteiger partial charge in [-0.2, -0.15) is 0 Å². The van der Waals surface area contributed by atoms with E-state index in [-0.39, 0.29) is 35.6 Å². The first-order valence-electron chi connectivity index (χ1n) is 4.71. The fourth-order valence-electron chi connectivity index (χ4n) is 1.15. The molecule has 1 aromatic rings. The van der Waals surface area contributed by atoms with Gasteiger partial charge >= 0.3 is 53.5 Å². The van der Waals surface area contributed by atoms with Crippen molar-refractivity contribution < 1.29 is 34.4 Å². The number of hydrogen-bond acceptors (Lipinski definition) is 6. The van der Waals surface area contributed by atoms with Crippen LogP contribution in [0.1, 0.15) is 12.8 Å². The zero-order chi connectivity index (χ0) is 13.8. The minimum absolute atomic E-state index is 0. The van der Waals surface area contributed by atoms with Gasteiger partial charge in [0.2, 0.25) is 0 Å². The molecule has 1 aromatic heterocycles. The molecule has 4 N–H and O–H groups in total. The van der Waals surface area contributed by atoms with Gasteiger partial charge in [0.25, 0.3) is 0 Å². The predicted molar refractivity (Wildman–Crippen MR) is 60.8 cm³/mol. The molecule has 1 unspecified atom stereocenters. The summed E-state index contributed by atoms with van der Waals surface area (Å²) in [6, 6.07) is -0.178. The van der Waals surface area contributed by atoms with E-state index in [9.17, 15) is 19.5 Å². The van der Waals surface area contributed by atoms with E-state index >= 15 is 0 Å². The van der Waals surface area contributed by atoms with Crippen LogP contribution in [0.25, 0.3) is 0 Å². The number of nitrogens with one attached hydrogen (secondary N) is 1. The molecule has 10 heteroatoms. The van der Waals surface area contributed by atoms with Gasteiger partial charge < -0.3 is 25.0 Å². The number of imidazole rings is 1. The Balaban J connectivity index is 0.00000324. The van der Waals surface area contributed by atoms with Gasteiger partial charge in [-0.25, -0.2) is 9.78 Å². The molecule has 0 bridgehead atoms. The third-order valence-electron chi connectivity index (χ3n) is 1.96. The Bertz CT molecular complexity index is 461. The fraction of sp³-hybridized carbons (Fsp3) is 0.333. The summed E-state index contributed by atoms with van der Waals surface area (Å²) in [5.41, 5.74) is -2.71. The number of rotatable bonds is 6. The molecule has 0 aliphatic heterocycles. The number of carbonyl (C=O) groups is 3. The molecule has 1 atom stereocenters.